The Morgan fingerprint density at radius 3 is 2.86 bits per heavy atom. The first-order valence-electron chi connectivity index (χ1n) is 12.1. The summed E-state index contributed by atoms with van der Waals surface area (Å²) >= 11 is 0. The number of hydrogen-bond acceptors (Lipinski definition) is 8. The first kappa shape index (κ1) is 23.0. The number of piperazine rings is 1. The summed E-state index contributed by atoms with van der Waals surface area (Å²) in [6, 6.07) is 14.4. The molecule has 0 radical (unpaired) electrons. The summed E-state index contributed by atoms with van der Waals surface area (Å²) in [5.41, 5.74) is 3.92. The smallest absolute Gasteiger partial charge is 0.192 e. The third kappa shape index (κ3) is 4.77. The average Bonchev–Trinajstić information content (AvgIpc) is 3.27. The van der Waals surface area contributed by atoms with E-state index in [1.165, 1.54) is 0 Å². The second kappa shape index (κ2) is 9.87. The maximum atomic E-state index is 5.52. The Kier molecular flexibility index (Phi) is 6.50. The molecule has 0 spiro atoms. The van der Waals surface area contributed by atoms with Gasteiger partial charge in [-0.3, -0.25) is 5.10 Å². The lowest BCUT2D eigenvalue weighted by Crippen LogP contribution is -2.53. The van der Waals surface area contributed by atoms with Gasteiger partial charge in [0.05, 0.1) is 12.6 Å². The Morgan fingerprint density at radius 1 is 1.17 bits per heavy atom. The maximum absolute atomic E-state index is 5.52. The summed E-state index contributed by atoms with van der Waals surface area (Å²) in [6.07, 6.45) is 0. The van der Waals surface area contributed by atoms with Gasteiger partial charge in [-0.15, -0.1) is 10.2 Å². The molecule has 1 fully saturated rings. The van der Waals surface area contributed by atoms with Crippen molar-refractivity contribution in [2.75, 3.05) is 37.0 Å². The van der Waals surface area contributed by atoms with Crippen LogP contribution in [0.1, 0.15) is 25.1 Å². The van der Waals surface area contributed by atoms with Crippen molar-refractivity contribution in [3.8, 4) is 17.1 Å². The number of anilines is 2. The molecule has 1 atom stereocenters. The third-order valence-electron chi connectivity index (χ3n) is 6.62. The van der Waals surface area contributed by atoms with Crippen molar-refractivity contribution in [1.82, 2.24) is 30.7 Å². The summed E-state index contributed by atoms with van der Waals surface area (Å²) in [7, 11) is 1.69. The Bertz CT molecular complexity index is 1320. The highest BCUT2D eigenvalue weighted by molar-refractivity contribution is 5.85. The molecule has 182 valence electrons. The highest BCUT2D eigenvalue weighted by atomic mass is 16.5. The largest absolute Gasteiger partial charge is 0.496 e. The Morgan fingerprint density at radius 2 is 2.03 bits per heavy atom. The van der Waals surface area contributed by atoms with Gasteiger partial charge in [-0.25, -0.2) is 4.98 Å². The molecule has 0 bridgehead atoms. The average molecular weight is 473 g/mol. The summed E-state index contributed by atoms with van der Waals surface area (Å²) in [5.74, 6) is 3.45. The number of hydrogen-bond donors (Lipinski definition) is 3. The topological polar surface area (TPSA) is 104 Å². The van der Waals surface area contributed by atoms with Gasteiger partial charge in [-0.05, 0) is 37.1 Å². The van der Waals surface area contributed by atoms with Crippen molar-refractivity contribution in [1.29, 1.82) is 0 Å². The normalized spacial score (nSPS) is 16.1. The highest BCUT2D eigenvalue weighted by Gasteiger charge is 2.26. The van der Waals surface area contributed by atoms with E-state index in [-0.39, 0.29) is 0 Å². The molecule has 0 amide bonds. The van der Waals surface area contributed by atoms with Gasteiger partial charge < -0.3 is 20.3 Å². The van der Waals surface area contributed by atoms with E-state index in [4.69, 9.17) is 9.72 Å². The van der Waals surface area contributed by atoms with Gasteiger partial charge in [0.1, 0.15) is 5.75 Å². The lowest BCUT2D eigenvalue weighted by molar-refractivity contribution is 0.367. The zero-order chi connectivity index (χ0) is 24.4. The van der Waals surface area contributed by atoms with Crippen LogP contribution in [0.4, 0.5) is 11.6 Å². The minimum absolute atomic E-state index is 0.383. The van der Waals surface area contributed by atoms with Gasteiger partial charge >= 0.3 is 0 Å². The van der Waals surface area contributed by atoms with Gasteiger partial charge in [-0.1, -0.05) is 32.0 Å². The Balaban J connectivity index is 1.50. The molecule has 3 heterocycles. The molecular formula is C26H32N8O. The lowest BCUT2D eigenvalue weighted by Gasteiger charge is -2.37. The van der Waals surface area contributed by atoms with Crippen LogP contribution in [-0.4, -0.2) is 58.2 Å². The van der Waals surface area contributed by atoms with E-state index < -0.39 is 0 Å². The summed E-state index contributed by atoms with van der Waals surface area (Å²) in [6.45, 7) is 9.67. The van der Waals surface area contributed by atoms with Crippen LogP contribution in [0.25, 0.3) is 22.3 Å². The van der Waals surface area contributed by atoms with Gasteiger partial charge in [-0.2, -0.15) is 5.10 Å². The van der Waals surface area contributed by atoms with Gasteiger partial charge in [0.15, 0.2) is 17.5 Å². The second-order valence-corrected chi connectivity index (χ2v) is 9.30. The van der Waals surface area contributed by atoms with Crippen LogP contribution in [-0.2, 0) is 6.54 Å². The van der Waals surface area contributed by atoms with Crippen molar-refractivity contribution in [3.05, 3.63) is 53.7 Å². The fourth-order valence-corrected chi connectivity index (χ4v) is 4.50. The van der Waals surface area contributed by atoms with E-state index in [9.17, 15) is 0 Å². The van der Waals surface area contributed by atoms with Crippen LogP contribution in [0, 0.1) is 12.8 Å². The van der Waals surface area contributed by atoms with Crippen molar-refractivity contribution in [2.24, 2.45) is 5.92 Å². The van der Waals surface area contributed by atoms with E-state index >= 15 is 0 Å². The number of nitrogens with one attached hydrogen (secondary N) is 3. The minimum Gasteiger partial charge on any atom is -0.496 e. The van der Waals surface area contributed by atoms with E-state index in [0.717, 1.165) is 58.9 Å². The molecule has 4 aromatic rings. The number of rotatable bonds is 7. The number of para-hydroxylation sites is 1. The first-order valence-corrected chi connectivity index (χ1v) is 12.1. The molecule has 1 aliphatic heterocycles. The van der Waals surface area contributed by atoms with Crippen LogP contribution < -0.4 is 20.3 Å². The number of aryl methyl sites for hydroxylation is 1. The van der Waals surface area contributed by atoms with E-state index in [0.29, 0.717) is 30.1 Å². The van der Waals surface area contributed by atoms with Gasteiger partial charge in [0.25, 0.3) is 0 Å². The van der Waals surface area contributed by atoms with Gasteiger partial charge in [0.2, 0.25) is 0 Å². The predicted molar refractivity (Wildman–Crippen MR) is 139 cm³/mol. The molecule has 1 saturated heterocycles. The lowest BCUT2D eigenvalue weighted by atomic mass is 10.0. The Labute approximate surface area is 205 Å². The second-order valence-electron chi connectivity index (χ2n) is 9.30. The SMILES string of the molecule is COc1ccccc1CNc1nnc(-c2ccc3n[nH]c(C)c3c2)nc1N1CCNC(C(C)C)C1. The number of benzene rings is 2. The van der Waals surface area contributed by atoms with Crippen LogP contribution in [0.3, 0.4) is 0 Å². The molecule has 5 rings (SSSR count). The summed E-state index contributed by atoms with van der Waals surface area (Å²) in [5, 5.41) is 24.6. The summed E-state index contributed by atoms with van der Waals surface area (Å²) in [4.78, 5) is 7.35. The van der Waals surface area contributed by atoms with Crippen molar-refractivity contribution in [2.45, 2.75) is 33.4 Å². The number of methoxy groups -OCH3 is 1. The van der Waals surface area contributed by atoms with Crippen molar-refractivity contribution < 1.29 is 4.74 Å². The van der Waals surface area contributed by atoms with Crippen LogP contribution in [0.15, 0.2) is 42.5 Å². The van der Waals surface area contributed by atoms with Gasteiger partial charge in [0, 0.05) is 54.4 Å². The number of aromatic amines is 1. The van der Waals surface area contributed by atoms with Crippen LogP contribution in [0.2, 0.25) is 0 Å². The van der Waals surface area contributed by atoms with Crippen molar-refractivity contribution in [3.63, 3.8) is 0 Å². The quantitative estimate of drug-likeness (QED) is 0.373. The monoisotopic (exact) mass is 472 g/mol. The van der Waals surface area contributed by atoms with E-state index in [1.807, 2.05) is 43.3 Å². The fourth-order valence-electron chi connectivity index (χ4n) is 4.50. The fraction of sp³-hybridized carbons (Fsp3) is 0.385. The molecule has 0 aliphatic carbocycles. The zero-order valence-electron chi connectivity index (χ0n) is 20.7. The molecule has 1 aliphatic rings. The molecule has 35 heavy (non-hydrogen) atoms. The number of H-pyrrole nitrogens is 1. The number of aromatic nitrogens is 5. The molecular weight excluding hydrogens is 440 g/mol. The molecule has 9 heteroatoms. The van der Waals surface area contributed by atoms with Crippen molar-refractivity contribution >= 4 is 22.5 Å². The first-order chi connectivity index (χ1) is 17.0. The zero-order valence-corrected chi connectivity index (χ0v) is 20.7. The standard InChI is InChI=1S/C26H32N8O/c1-16(2)22-15-34(12-11-27-22)26-25(28-14-19-7-5-6-8-23(19)35-4)33-32-24(29-26)18-9-10-21-20(13-18)17(3)30-31-21/h5-10,13,16,22,27H,11-12,14-15H2,1-4H3,(H,28,33)(H,30,31). The molecule has 0 saturated carbocycles. The molecule has 2 aromatic heterocycles. The Hall–Kier alpha value is -3.72. The van der Waals surface area contributed by atoms with E-state index in [1.54, 1.807) is 7.11 Å². The molecule has 1 unspecified atom stereocenters. The molecule has 2 aromatic carbocycles. The number of ether oxygens (including phenoxy) is 1. The van der Waals surface area contributed by atoms with Crippen LogP contribution >= 0.6 is 0 Å². The minimum atomic E-state index is 0.383. The number of nitrogens with zero attached hydrogens (tertiary/aromatic N) is 5. The number of fused-ring (bicyclic) bond motifs is 1. The molecule has 9 nitrogen and oxygen atoms in total. The predicted octanol–water partition coefficient (Wildman–Crippen LogP) is 3.78. The summed E-state index contributed by atoms with van der Waals surface area (Å²) < 4.78 is 5.52. The molecule has 3 N–H and O–H groups in total. The van der Waals surface area contributed by atoms with E-state index in [2.05, 4.69) is 55.8 Å². The third-order valence-corrected chi connectivity index (χ3v) is 6.62. The highest BCUT2D eigenvalue weighted by Crippen LogP contribution is 2.29. The maximum Gasteiger partial charge on any atom is 0.192 e. The van der Waals surface area contributed by atoms with Crippen LogP contribution in [0.5, 0.6) is 5.75 Å².